The van der Waals surface area contributed by atoms with Crippen molar-refractivity contribution in [3.05, 3.63) is 0 Å². The lowest BCUT2D eigenvalue weighted by Gasteiger charge is -1.90. The van der Waals surface area contributed by atoms with E-state index in [1.165, 1.54) is 0 Å². The largest absolute Gasteiger partial charge is 0.396 e. The van der Waals surface area contributed by atoms with Crippen molar-refractivity contribution in [3.63, 3.8) is 0 Å². The molecule has 0 radical (unpaired) electrons. The predicted octanol–water partition coefficient (Wildman–Crippen LogP) is -0.225. The first kappa shape index (κ1) is 7.39. The van der Waals surface area contributed by atoms with Gasteiger partial charge in [0.15, 0.2) is 0 Å². The SMILES string of the molecule is O=C(CCCO)OO. The number of carbonyl (C=O) groups excluding carboxylic acids is 1. The molecule has 0 aromatic rings. The zero-order chi connectivity index (χ0) is 6.41. The fourth-order valence-corrected chi connectivity index (χ4v) is 0.269. The summed E-state index contributed by atoms with van der Waals surface area (Å²) in [5, 5.41) is 15.8. The van der Waals surface area contributed by atoms with Crippen molar-refractivity contribution >= 4 is 5.97 Å². The Hall–Kier alpha value is -0.610. The first-order valence-electron chi connectivity index (χ1n) is 2.26. The van der Waals surface area contributed by atoms with Crippen LogP contribution in [0.15, 0.2) is 0 Å². The summed E-state index contributed by atoms with van der Waals surface area (Å²) in [7, 11) is 0. The lowest BCUT2D eigenvalue weighted by molar-refractivity contribution is -0.234. The Balaban J connectivity index is 2.99. The van der Waals surface area contributed by atoms with Crippen molar-refractivity contribution in [3.8, 4) is 0 Å². The van der Waals surface area contributed by atoms with Crippen LogP contribution >= 0.6 is 0 Å². The van der Waals surface area contributed by atoms with E-state index in [0.717, 1.165) is 0 Å². The van der Waals surface area contributed by atoms with Gasteiger partial charge in [-0.15, -0.1) is 0 Å². The van der Waals surface area contributed by atoms with Gasteiger partial charge in [0.1, 0.15) is 0 Å². The van der Waals surface area contributed by atoms with Crippen molar-refractivity contribution in [1.82, 2.24) is 0 Å². The number of carbonyl (C=O) groups is 1. The van der Waals surface area contributed by atoms with E-state index in [1.807, 2.05) is 0 Å². The van der Waals surface area contributed by atoms with Gasteiger partial charge in [-0.25, -0.2) is 4.79 Å². The summed E-state index contributed by atoms with van der Waals surface area (Å²) < 4.78 is 0. The van der Waals surface area contributed by atoms with E-state index in [-0.39, 0.29) is 13.0 Å². The second-order valence-corrected chi connectivity index (χ2v) is 1.29. The molecule has 0 aromatic heterocycles. The van der Waals surface area contributed by atoms with Crippen LogP contribution in [0.5, 0.6) is 0 Å². The zero-order valence-corrected chi connectivity index (χ0v) is 4.33. The Labute approximate surface area is 46.6 Å². The van der Waals surface area contributed by atoms with E-state index in [2.05, 4.69) is 4.89 Å². The fourth-order valence-electron chi connectivity index (χ4n) is 0.269. The lowest BCUT2D eigenvalue weighted by Crippen LogP contribution is -2.00. The van der Waals surface area contributed by atoms with Gasteiger partial charge in [-0.3, -0.25) is 0 Å². The summed E-state index contributed by atoms with van der Waals surface area (Å²) in [5.41, 5.74) is 0. The Morgan fingerprint density at radius 1 is 1.62 bits per heavy atom. The quantitative estimate of drug-likeness (QED) is 0.399. The fraction of sp³-hybridized carbons (Fsp3) is 0.750. The van der Waals surface area contributed by atoms with Gasteiger partial charge in [0.2, 0.25) is 0 Å². The van der Waals surface area contributed by atoms with Crippen LogP contribution < -0.4 is 0 Å². The summed E-state index contributed by atoms with van der Waals surface area (Å²) in [6.45, 7) is -0.0604. The van der Waals surface area contributed by atoms with Gasteiger partial charge in [-0.2, -0.15) is 5.26 Å². The second-order valence-electron chi connectivity index (χ2n) is 1.29. The Kier molecular flexibility index (Phi) is 4.20. The number of hydrogen-bond donors (Lipinski definition) is 2. The van der Waals surface area contributed by atoms with E-state index >= 15 is 0 Å². The average molecular weight is 120 g/mol. The van der Waals surface area contributed by atoms with Crippen LogP contribution in [0.25, 0.3) is 0 Å². The summed E-state index contributed by atoms with van der Waals surface area (Å²) in [6.07, 6.45) is 0.395. The van der Waals surface area contributed by atoms with Crippen LogP contribution in [-0.4, -0.2) is 22.9 Å². The maximum Gasteiger partial charge on any atom is 0.342 e. The molecule has 0 saturated carbocycles. The van der Waals surface area contributed by atoms with Crippen molar-refractivity contribution in [2.75, 3.05) is 6.61 Å². The Bertz CT molecular complexity index is 70.4. The Morgan fingerprint density at radius 2 is 2.25 bits per heavy atom. The van der Waals surface area contributed by atoms with Crippen molar-refractivity contribution in [2.45, 2.75) is 12.8 Å². The van der Waals surface area contributed by atoms with Gasteiger partial charge in [0.05, 0.1) is 6.42 Å². The Morgan fingerprint density at radius 3 is 2.62 bits per heavy atom. The molecule has 4 nitrogen and oxygen atoms in total. The van der Waals surface area contributed by atoms with Crippen LogP contribution in [0.1, 0.15) is 12.8 Å². The van der Waals surface area contributed by atoms with Gasteiger partial charge in [-0.1, -0.05) is 0 Å². The molecule has 0 aliphatic carbocycles. The third kappa shape index (κ3) is 3.58. The number of aliphatic hydroxyl groups is 1. The molecule has 0 aromatic carbocycles. The van der Waals surface area contributed by atoms with Crippen LogP contribution in [0.4, 0.5) is 0 Å². The molecule has 0 aliphatic rings. The first-order chi connectivity index (χ1) is 3.81. The van der Waals surface area contributed by atoms with E-state index in [1.54, 1.807) is 0 Å². The van der Waals surface area contributed by atoms with Gasteiger partial charge < -0.3 is 9.99 Å². The molecule has 0 amide bonds. The molecule has 48 valence electrons. The molecule has 0 spiro atoms. The lowest BCUT2D eigenvalue weighted by atomic mass is 10.3. The van der Waals surface area contributed by atoms with Crippen LogP contribution in [0.3, 0.4) is 0 Å². The van der Waals surface area contributed by atoms with Crippen LogP contribution in [0, 0.1) is 0 Å². The normalized spacial score (nSPS) is 8.75. The number of aliphatic hydroxyl groups excluding tert-OH is 1. The van der Waals surface area contributed by atoms with E-state index in [0.29, 0.717) is 6.42 Å². The highest BCUT2D eigenvalue weighted by Gasteiger charge is 1.98. The molecule has 0 atom stereocenters. The third-order valence-corrected chi connectivity index (χ3v) is 0.641. The molecule has 8 heavy (non-hydrogen) atoms. The molecule has 0 rings (SSSR count). The average Bonchev–Trinajstić information content (AvgIpc) is 1.83. The maximum atomic E-state index is 9.99. The molecule has 4 heteroatoms. The number of rotatable bonds is 3. The standard InChI is InChI=1S/C4H8O4/c5-3-1-2-4(6)8-7/h5,7H,1-3H2. The third-order valence-electron chi connectivity index (χ3n) is 0.641. The highest BCUT2D eigenvalue weighted by atomic mass is 17.1. The van der Waals surface area contributed by atoms with Crippen LogP contribution in [0.2, 0.25) is 0 Å². The van der Waals surface area contributed by atoms with Crippen LogP contribution in [-0.2, 0) is 9.68 Å². The molecular formula is C4H8O4. The summed E-state index contributed by atoms with van der Waals surface area (Å²) in [5.74, 6) is -0.709. The number of hydrogen-bond acceptors (Lipinski definition) is 4. The van der Waals surface area contributed by atoms with Gasteiger partial charge >= 0.3 is 5.97 Å². The maximum absolute atomic E-state index is 9.99. The van der Waals surface area contributed by atoms with Gasteiger partial charge in [0.25, 0.3) is 0 Å². The van der Waals surface area contributed by atoms with Crippen molar-refractivity contribution < 1.29 is 20.0 Å². The van der Waals surface area contributed by atoms with Gasteiger partial charge in [-0.05, 0) is 6.42 Å². The summed E-state index contributed by atoms with van der Waals surface area (Å²) >= 11 is 0. The van der Waals surface area contributed by atoms with Gasteiger partial charge in [0, 0.05) is 6.61 Å². The molecule has 0 bridgehead atoms. The molecular weight excluding hydrogens is 112 g/mol. The minimum atomic E-state index is -0.709. The van der Waals surface area contributed by atoms with Crippen molar-refractivity contribution in [1.29, 1.82) is 0 Å². The molecule has 2 N–H and O–H groups in total. The zero-order valence-electron chi connectivity index (χ0n) is 4.33. The summed E-state index contributed by atoms with van der Waals surface area (Å²) in [6, 6.07) is 0. The molecule has 0 fully saturated rings. The topological polar surface area (TPSA) is 66.8 Å². The minimum Gasteiger partial charge on any atom is -0.396 e. The summed E-state index contributed by atoms with van der Waals surface area (Å²) in [4.78, 5) is 13.3. The molecule has 0 unspecified atom stereocenters. The highest BCUT2D eigenvalue weighted by Crippen LogP contribution is 1.87. The molecule has 0 aliphatic heterocycles. The predicted molar refractivity (Wildman–Crippen MR) is 25.0 cm³/mol. The van der Waals surface area contributed by atoms with Crippen molar-refractivity contribution in [2.24, 2.45) is 0 Å². The minimum absolute atomic E-state index is 0.0604. The first-order valence-corrected chi connectivity index (χ1v) is 2.26. The van der Waals surface area contributed by atoms with E-state index in [9.17, 15) is 4.79 Å². The monoisotopic (exact) mass is 120 g/mol. The second kappa shape index (κ2) is 4.55. The molecule has 0 saturated heterocycles. The van der Waals surface area contributed by atoms with E-state index < -0.39 is 5.97 Å². The van der Waals surface area contributed by atoms with E-state index in [4.69, 9.17) is 10.4 Å². The molecule has 0 heterocycles. The smallest absolute Gasteiger partial charge is 0.342 e. The highest BCUT2D eigenvalue weighted by molar-refractivity contribution is 5.68.